The number of benzene rings is 1. The first-order valence-electron chi connectivity index (χ1n) is 9.40. The van der Waals surface area contributed by atoms with Gasteiger partial charge in [-0.15, -0.1) is 10.2 Å². The van der Waals surface area contributed by atoms with E-state index in [9.17, 15) is 0 Å². The minimum absolute atomic E-state index is 0.651. The number of hydrogen-bond donors (Lipinski definition) is 0. The second-order valence-corrected chi connectivity index (χ2v) is 8.48. The molecule has 1 aromatic carbocycles. The molecule has 0 aliphatic carbocycles. The third-order valence-electron chi connectivity index (χ3n) is 5.41. The Hall–Kier alpha value is -1.37. The van der Waals surface area contributed by atoms with Crippen molar-refractivity contribution in [2.24, 2.45) is 0 Å². The van der Waals surface area contributed by atoms with Gasteiger partial charge in [-0.3, -0.25) is 0 Å². The molecule has 2 aromatic rings. The van der Waals surface area contributed by atoms with Gasteiger partial charge in [-0.1, -0.05) is 29.4 Å². The molecule has 2 aliphatic heterocycles. The van der Waals surface area contributed by atoms with Gasteiger partial charge in [-0.25, -0.2) is 0 Å². The number of hydrogen-bond acceptors (Lipinski definition) is 6. The summed E-state index contributed by atoms with van der Waals surface area (Å²) < 4.78 is 5.31. The number of rotatable bonds is 4. The molecule has 0 atom stereocenters. The average Bonchev–Trinajstić information content (AvgIpc) is 3.18. The summed E-state index contributed by atoms with van der Waals surface area (Å²) in [6.07, 6.45) is 6.57. The number of aromatic nitrogens is 2. The van der Waals surface area contributed by atoms with E-state index in [1.54, 1.807) is 24.5 Å². The number of ether oxygens (including phenoxy) is 1. The molecule has 2 aliphatic rings. The zero-order chi connectivity index (χ0) is 17.9. The van der Waals surface area contributed by atoms with E-state index in [1.807, 2.05) is 12.1 Å². The molecule has 0 saturated carbocycles. The molecule has 26 heavy (non-hydrogen) atoms. The first-order chi connectivity index (χ1) is 12.7. The molecule has 5 nitrogen and oxygen atoms in total. The number of methoxy groups -OCH3 is 1. The van der Waals surface area contributed by atoms with Gasteiger partial charge in [0.15, 0.2) is 0 Å². The summed E-state index contributed by atoms with van der Waals surface area (Å²) in [7, 11) is 1.65. The van der Waals surface area contributed by atoms with Crippen molar-refractivity contribution in [2.45, 2.75) is 38.1 Å². The fourth-order valence-corrected chi connectivity index (χ4v) is 5.08. The molecule has 0 unspecified atom stereocenters. The average molecular weight is 393 g/mol. The van der Waals surface area contributed by atoms with Crippen LogP contribution in [0.1, 0.15) is 32.1 Å². The molecule has 3 heterocycles. The van der Waals surface area contributed by atoms with Crippen LogP contribution in [-0.2, 0) is 0 Å². The van der Waals surface area contributed by atoms with Crippen molar-refractivity contribution >= 4 is 28.1 Å². The Balaban J connectivity index is 1.42. The Labute approximate surface area is 163 Å². The van der Waals surface area contributed by atoms with Crippen LogP contribution in [0.4, 0.5) is 5.13 Å². The second kappa shape index (κ2) is 8.11. The molecule has 2 fully saturated rings. The van der Waals surface area contributed by atoms with E-state index >= 15 is 0 Å². The minimum Gasteiger partial charge on any atom is -0.497 e. The molecule has 140 valence electrons. The van der Waals surface area contributed by atoms with Gasteiger partial charge in [0, 0.05) is 29.7 Å². The maximum Gasteiger partial charge on any atom is 0.208 e. The minimum atomic E-state index is 0.651. The van der Waals surface area contributed by atoms with E-state index in [1.165, 1.54) is 45.2 Å². The fraction of sp³-hybridized carbons (Fsp3) is 0.579. The van der Waals surface area contributed by atoms with Crippen molar-refractivity contribution in [3.05, 3.63) is 23.2 Å². The summed E-state index contributed by atoms with van der Waals surface area (Å²) in [6, 6.07) is 6.42. The van der Waals surface area contributed by atoms with E-state index in [0.717, 1.165) is 40.6 Å². The number of nitrogens with zero attached hydrogens (tertiary/aromatic N) is 4. The Morgan fingerprint density at radius 3 is 2.54 bits per heavy atom. The van der Waals surface area contributed by atoms with Crippen molar-refractivity contribution in [1.29, 1.82) is 0 Å². The lowest BCUT2D eigenvalue weighted by Gasteiger charge is -2.40. The Kier molecular flexibility index (Phi) is 5.62. The highest BCUT2D eigenvalue weighted by Gasteiger charge is 2.27. The smallest absolute Gasteiger partial charge is 0.208 e. The maximum atomic E-state index is 6.19. The zero-order valence-corrected chi connectivity index (χ0v) is 16.7. The normalized spacial score (nSPS) is 19.7. The van der Waals surface area contributed by atoms with Crippen molar-refractivity contribution in [3.8, 4) is 16.3 Å². The summed E-state index contributed by atoms with van der Waals surface area (Å²) >= 11 is 7.82. The molecule has 0 amide bonds. The molecular weight excluding hydrogens is 368 g/mol. The van der Waals surface area contributed by atoms with Gasteiger partial charge in [0.05, 0.1) is 7.11 Å². The molecule has 4 rings (SSSR count). The van der Waals surface area contributed by atoms with Crippen molar-refractivity contribution < 1.29 is 4.74 Å². The third kappa shape index (κ3) is 3.97. The van der Waals surface area contributed by atoms with Crippen molar-refractivity contribution in [3.63, 3.8) is 0 Å². The van der Waals surface area contributed by atoms with Crippen LogP contribution in [0, 0.1) is 0 Å². The zero-order valence-electron chi connectivity index (χ0n) is 15.2. The third-order valence-corrected chi connectivity index (χ3v) is 6.66. The van der Waals surface area contributed by atoms with E-state index in [-0.39, 0.29) is 0 Å². The second-order valence-electron chi connectivity index (χ2n) is 7.08. The standard InChI is InChI=1S/C19H25ClN4OS/c1-25-17-12-14(11-15(20)13-17)18-21-22-19(26-18)24-9-5-16(6-10-24)23-7-3-2-4-8-23/h11-13,16H,2-10H2,1H3. The van der Waals surface area contributed by atoms with Gasteiger partial charge in [0.1, 0.15) is 10.8 Å². The largest absolute Gasteiger partial charge is 0.497 e. The Morgan fingerprint density at radius 2 is 1.81 bits per heavy atom. The van der Waals surface area contributed by atoms with Gasteiger partial charge in [0.2, 0.25) is 5.13 Å². The van der Waals surface area contributed by atoms with Gasteiger partial charge < -0.3 is 14.5 Å². The van der Waals surface area contributed by atoms with Crippen LogP contribution in [-0.4, -0.2) is 54.4 Å². The molecule has 0 spiro atoms. The quantitative estimate of drug-likeness (QED) is 0.774. The number of piperidine rings is 2. The monoisotopic (exact) mass is 392 g/mol. The van der Waals surface area contributed by atoms with Crippen LogP contribution in [0.25, 0.3) is 10.6 Å². The van der Waals surface area contributed by atoms with Gasteiger partial charge in [0.25, 0.3) is 0 Å². The van der Waals surface area contributed by atoms with Crippen LogP contribution < -0.4 is 9.64 Å². The summed E-state index contributed by atoms with van der Waals surface area (Å²) in [5, 5.41) is 11.4. The lowest BCUT2D eigenvalue weighted by atomic mass is 10.0. The molecule has 1 aromatic heterocycles. The summed E-state index contributed by atoms with van der Waals surface area (Å²) in [4.78, 5) is 5.08. The first-order valence-corrected chi connectivity index (χ1v) is 10.6. The number of anilines is 1. The Morgan fingerprint density at radius 1 is 1.04 bits per heavy atom. The maximum absolute atomic E-state index is 6.19. The van der Waals surface area contributed by atoms with Crippen LogP contribution in [0.5, 0.6) is 5.75 Å². The number of halogens is 1. The fourth-order valence-electron chi connectivity index (χ4n) is 3.97. The van der Waals surface area contributed by atoms with Gasteiger partial charge >= 0.3 is 0 Å². The predicted octanol–water partition coefficient (Wildman–Crippen LogP) is 4.32. The van der Waals surface area contributed by atoms with E-state index in [2.05, 4.69) is 20.0 Å². The summed E-state index contributed by atoms with van der Waals surface area (Å²) in [5.41, 5.74) is 0.960. The van der Waals surface area contributed by atoms with Crippen LogP contribution in [0.2, 0.25) is 5.02 Å². The topological polar surface area (TPSA) is 41.5 Å². The van der Waals surface area contributed by atoms with Gasteiger partial charge in [-0.05, 0) is 57.0 Å². The molecule has 0 N–H and O–H groups in total. The molecular formula is C19H25ClN4OS. The number of likely N-dealkylation sites (tertiary alicyclic amines) is 1. The lowest BCUT2D eigenvalue weighted by molar-refractivity contribution is 0.141. The molecule has 0 bridgehead atoms. The first kappa shape index (κ1) is 18.0. The van der Waals surface area contributed by atoms with Crippen molar-refractivity contribution in [1.82, 2.24) is 15.1 Å². The molecule has 7 heteroatoms. The van der Waals surface area contributed by atoms with E-state index < -0.39 is 0 Å². The van der Waals surface area contributed by atoms with Crippen LogP contribution in [0.15, 0.2) is 18.2 Å². The van der Waals surface area contributed by atoms with Crippen LogP contribution >= 0.6 is 22.9 Å². The van der Waals surface area contributed by atoms with Crippen molar-refractivity contribution in [2.75, 3.05) is 38.2 Å². The predicted molar refractivity (Wildman–Crippen MR) is 108 cm³/mol. The highest BCUT2D eigenvalue weighted by Crippen LogP contribution is 2.34. The van der Waals surface area contributed by atoms with E-state index in [4.69, 9.17) is 16.3 Å². The SMILES string of the molecule is COc1cc(Cl)cc(-c2nnc(N3CCC(N4CCCCC4)CC3)s2)c1. The summed E-state index contributed by atoms with van der Waals surface area (Å²) in [6.45, 7) is 4.69. The van der Waals surface area contributed by atoms with E-state index in [0.29, 0.717) is 5.02 Å². The van der Waals surface area contributed by atoms with Gasteiger partial charge in [-0.2, -0.15) is 0 Å². The molecule has 0 radical (unpaired) electrons. The van der Waals surface area contributed by atoms with Crippen LogP contribution in [0.3, 0.4) is 0 Å². The molecule has 2 saturated heterocycles. The summed E-state index contributed by atoms with van der Waals surface area (Å²) in [5.74, 6) is 0.742. The Bertz CT molecular complexity index is 739. The lowest BCUT2D eigenvalue weighted by Crippen LogP contribution is -2.46. The highest BCUT2D eigenvalue weighted by atomic mass is 35.5. The highest BCUT2D eigenvalue weighted by molar-refractivity contribution is 7.18.